The molecule has 0 fully saturated rings. The van der Waals surface area contributed by atoms with Gasteiger partial charge in [-0.15, -0.1) is 0 Å². The molecule has 0 aromatic heterocycles. The van der Waals surface area contributed by atoms with Gasteiger partial charge in [0.25, 0.3) is 0 Å². The first kappa shape index (κ1) is 20.9. The maximum atomic E-state index is 10.9. The first-order valence-electron chi connectivity index (χ1n) is 10.0. The van der Waals surface area contributed by atoms with Gasteiger partial charge in [0, 0.05) is 0 Å². The number of carboxylic acid groups (broad SMARTS) is 1. The second-order valence-electron chi connectivity index (χ2n) is 7.09. The molecular formula is C26H22N2O4. The predicted molar refractivity (Wildman–Crippen MR) is 126 cm³/mol. The third kappa shape index (κ3) is 4.87. The van der Waals surface area contributed by atoms with E-state index in [1.807, 2.05) is 36.4 Å². The van der Waals surface area contributed by atoms with Crippen molar-refractivity contribution >= 4 is 28.6 Å². The van der Waals surface area contributed by atoms with Crippen LogP contribution in [0.25, 0.3) is 10.8 Å². The number of rotatable bonds is 8. The summed E-state index contributed by atoms with van der Waals surface area (Å²) < 4.78 is 11.5. The molecule has 2 N–H and O–H groups in total. The van der Waals surface area contributed by atoms with Crippen molar-refractivity contribution in [1.82, 2.24) is 0 Å². The minimum Gasteiger partial charge on any atom is -0.493 e. The lowest BCUT2D eigenvalue weighted by Gasteiger charge is -2.12. The summed E-state index contributed by atoms with van der Waals surface area (Å²) in [6.07, 6.45) is 1.65. The van der Waals surface area contributed by atoms with Crippen molar-refractivity contribution in [2.45, 2.75) is 6.61 Å². The Morgan fingerprint density at radius 1 is 0.969 bits per heavy atom. The highest BCUT2D eigenvalue weighted by atomic mass is 16.5. The summed E-state index contributed by atoms with van der Waals surface area (Å²) in [5.41, 5.74) is 5.73. The molecule has 160 valence electrons. The summed E-state index contributed by atoms with van der Waals surface area (Å²) in [4.78, 5) is 10.9. The lowest BCUT2D eigenvalue weighted by atomic mass is 10.1. The largest absolute Gasteiger partial charge is 0.493 e. The third-order valence-corrected chi connectivity index (χ3v) is 4.99. The third-order valence-electron chi connectivity index (χ3n) is 4.99. The minimum atomic E-state index is -0.963. The molecule has 0 heterocycles. The van der Waals surface area contributed by atoms with Gasteiger partial charge in [0.1, 0.15) is 6.61 Å². The Bertz CT molecular complexity index is 1260. The number of ether oxygens (including phenoxy) is 2. The van der Waals surface area contributed by atoms with Crippen LogP contribution in [0.1, 0.15) is 21.5 Å². The summed E-state index contributed by atoms with van der Waals surface area (Å²) in [7, 11) is 1.60. The van der Waals surface area contributed by atoms with Crippen LogP contribution in [0.4, 0.5) is 5.69 Å². The fraction of sp³-hybridized carbons (Fsp3) is 0.0769. The van der Waals surface area contributed by atoms with Crippen LogP contribution in [-0.4, -0.2) is 24.4 Å². The van der Waals surface area contributed by atoms with E-state index in [9.17, 15) is 4.79 Å². The number of fused-ring (bicyclic) bond motifs is 1. The van der Waals surface area contributed by atoms with Gasteiger partial charge < -0.3 is 14.6 Å². The van der Waals surface area contributed by atoms with E-state index in [1.54, 1.807) is 25.5 Å². The smallest absolute Gasteiger partial charge is 0.335 e. The highest BCUT2D eigenvalue weighted by Gasteiger charge is 2.07. The molecule has 4 rings (SSSR count). The standard InChI is InChI=1S/C26H22N2O4/c1-31-25-15-18(16-27-28-22-12-10-20(11-13-22)26(29)30)9-14-24(25)32-17-21-7-4-6-19-5-2-3-8-23(19)21/h2-16,28H,17H2,1H3,(H,29,30)/b27-16+. The van der Waals surface area contributed by atoms with Crippen LogP contribution in [0.2, 0.25) is 0 Å². The van der Waals surface area contributed by atoms with Crippen molar-refractivity contribution in [3.05, 3.63) is 102 Å². The van der Waals surface area contributed by atoms with Crippen LogP contribution >= 0.6 is 0 Å². The molecule has 0 unspecified atom stereocenters. The zero-order chi connectivity index (χ0) is 22.3. The van der Waals surface area contributed by atoms with E-state index >= 15 is 0 Å². The Kier molecular flexibility index (Phi) is 6.32. The number of nitrogens with one attached hydrogen (secondary N) is 1. The molecule has 0 aliphatic heterocycles. The molecule has 0 radical (unpaired) electrons. The summed E-state index contributed by atoms with van der Waals surface area (Å²) >= 11 is 0. The second kappa shape index (κ2) is 9.66. The fourth-order valence-corrected chi connectivity index (χ4v) is 3.33. The van der Waals surface area contributed by atoms with Crippen LogP contribution in [-0.2, 0) is 6.61 Å². The summed E-state index contributed by atoms with van der Waals surface area (Å²) in [5, 5.41) is 15.5. The molecule has 6 nitrogen and oxygen atoms in total. The number of nitrogens with zero attached hydrogens (tertiary/aromatic N) is 1. The molecule has 0 saturated carbocycles. The molecule has 0 atom stereocenters. The van der Waals surface area contributed by atoms with E-state index in [0.717, 1.165) is 11.1 Å². The zero-order valence-corrected chi connectivity index (χ0v) is 17.5. The summed E-state index contributed by atoms with van der Waals surface area (Å²) in [6, 6.07) is 26.3. The molecule has 0 aliphatic rings. The maximum absolute atomic E-state index is 10.9. The quantitative estimate of drug-likeness (QED) is 0.284. The molecule has 0 aliphatic carbocycles. The number of hydrazone groups is 1. The second-order valence-corrected chi connectivity index (χ2v) is 7.09. The van der Waals surface area contributed by atoms with E-state index in [2.05, 4.69) is 34.8 Å². The van der Waals surface area contributed by atoms with Crippen molar-refractivity contribution in [2.75, 3.05) is 12.5 Å². The van der Waals surface area contributed by atoms with Crippen LogP contribution < -0.4 is 14.9 Å². The molecule has 6 heteroatoms. The van der Waals surface area contributed by atoms with Crippen LogP contribution in [0.3, 0.4) is 0 Å². The number of carboxylic acids is 1. The number of anilines is 1. The number of hydrogen-bond donors (Lipinski definition) is 2. The van der Waals surface area contributed by atoms with Gasteiger partial charge in [-0.05, 0) is 64.4 Å². The topological polar surface area (TPSA) is 80.2 Å². The van der Waals surface area contributed by atoms with Gasteiger partial charge in [-0.3, -0.25) is 5.43 Å². The Hall–Kier alpha value is -4.32. The molecule has 0 amide bonds. The predicted octanol–water partition coefficient (Wildman–Crippen LogP) is 5.57. The molecule has 32 heavy (non-hydrogen) atoms. The Labute approximate surface area is 185 Å². The number of carbonyl (C=O) groups is 1. The molecule has 0 bridgehead atoms. The molecule has 4 aromatic rings. The maximum Gasteiger partial charge on any atom is 0.335 e. The van der Waals surface area contributed by atoms with Crippen LogP contribution in [0, 0.1) is 0 Å². The SMILES string of the molecule is COc1cc(/C=N/Nc2ccc(C(=O)O)cc2)ccc1OCc1cccc2ccccc12. The average Bonchev–Trinajstić information content (AvgIpc) is 2.83. The lowest BCUT2D eigenvalue weighted by Crippen LogP contribution is -1.99. The summed E-state index contributed by atoms with van der Waals surface area (Å²) in [5.74, 6) is 0.296. The van der Waals surface area contributed by atoms with Crippen molar-refractivity contribution in [1.29, 1.82) is 0 Å². The van der Waals surface area contributed by atoms with E-state index in [4.69, 9.17) is 14.6 Å². The van der Waals surface area contributed by atoms with Gasteiger partial charge in [-0.1, -0.05) is 42.5 Å². The highest BCUT2D eigenvalue weighted by Crippen LogP contribution is 2.29. The molecule has 4 aromatic carbocycles. The fourth-order valence-electron chi connectivity index (χ4n) is 3.33. The van der Waals surface area contributed by atoms with Crippen molar-refractivity contribution in [2.24, 2.45) is 5.10 Å². The van der Waals surface area contributed by atoms with Gasteiger partial charge in [-0.25, -0.2) is 4.79 Å². The Balaban J connectivity index is 1.43. The van der Waals surface area contributed by atoms with Gasteiger partial charge in [0.05, 0.1) is 24.6 Å². The van der Waals surface area contributed by atoms with Gasteiger partial charge in [-0.2, -0.15) is 5.10 Å². The van der Waals surface area contributed by atoms with Crippen LogP contribution in [0.15, 0.2) is 90.0 Å². The van der Waals surface area contributed by atoms with Gasteiger partial charge in [0.15, 0.2) is 11.5 Å². The van der Waals surface area contributed by atoms with Gasteiger partial charge >= 0.3 is 5.97 Å². The highest BCUT2D eigenvalue weighted by molar-refractivity contribution is 5.88. The first-order valence-corrected chi connectivity index (χ1v) is 10.0. The van der Waals surface area contributed by atoms with E-state index in [-0.39, 0.29) is 5.56 Å². The first-order chi connectivity index (χ1) is 15.6. The van der Waals surface area contributed by atoms with E-state index in [0.29, 0.717) is 23.8 Å². The molecule has 0 saturated heterocycles. The lowest BCUT2D eigenvalue weighted by molar-refractivity contribution is 0.0697. The average molecular weight is 426 g/mol. The number of hydrogen-bond acceptors (Lipinski definition) is 5. The van der Waals surface area contributed by atoms with Crippen molar-refractivity contribution in [3.8, 4) is 11.5 Å². The minimum absolute atomic E-state index is 0.225. The Morgan fingerprint density at radius 3 is 2.53 bits per heavy atom. The monoisotopic (exact) mass is 426 g/mol. The number of methoxy groups -OCH3 is 1. The number of benzene rings is 4. The van der Waals surface area contributed by atoms with Gasteiger partial charge in [0.2, 0.25) is 0 Å². The van der Waals surface area contributed by atoms with Crippen molar-refractivity contribution in [3.63, 3.8) is 0 Å². The normalized spacial score (nSPS) is 10.9. The number of aromatic carboxylic acids is 1. The molecule has 0 spiro atoms. The zero-order valence-electron chi connectivity index (χ0n) is 17.5. The summed E-state index contributed by atoms with van der Waals surface area (Å²) in [6.45, 7) is 0.430. The van der Waals surface area contributed by atoms with E-state index in [1.165, 1.54) is 22.9 Å². The van der Waals surface area contributed by atoms with Crippen LogP contribution in [0.5, 0.6) is 11.5 Å². The molecular weight excluding hydrogens is 404 g/mol. The Morgan fingerprint density at radius 2 is 1.75 bits per heavy atom. The van der Waals surface area contributed by atoms with E-state index < -0.39 is 5.97 Å². The van der Waals surface area contributed by atoms with Crippen molar-refractivity contribution < 1.29 is 19.4 Å².